The van der Waals surface area contributed by atoms with Crippen LogP contribution in [0.1, 0.15) is 12.5 Å². The Bertz CT molecular complexity index is 732. The molecule has 0 radical (unpaired) electrons. The number of ether oxygens (including phenoxy) is 1. The lowest BCUT2D eigenvalue weighted by Gasteiger charge is -2.21. The average molecular weight is 361 g/mol. The summed E-state index contributed by atoms with van der Waals surface area (Å²) in [6.45, 7) is 4.15. The molecule has 0 aliphatic heterocycles. The molecule has 0 spiro atoms. The van der Waals surface area contributed by atoms with Gasteiger partial charge in [0.1, 0.15) is 5.75 Å². The summed E-state index contributed by atoms with van der Waals surface area (Å²) < 4.78 is 5.35. The van der Waals surface area contributed by atoms with Crippen LogP contribution in [-0.4, -0.2) is 31.5 Å². The van der Waals surface area contributed by atoms with E-state index in [4.69, 9.17) is 16.3 Å². The molecule has 132 valence electrons. The number of hydrogen-bond acceptors (Lipinski definition) is 3. The second kappa shape index (κ2) is 9.08. The highest BCUT2D eigenvalue weighted by atomic mass is 35.5. The van der Waals surface area contributed by atoms with Crippen molar-refractivity contribution in [3.63, 3.8) is 0 Å². The van der Waals surface area contributed by atoms with Crippen molar-refractivity contribution < 1.29 is 14.3 Å². The number of halogens is 1. The van der Waals surface area contributed by atoms with Crippen molar-refractivity contribution in [3.8, 4) is 5.75 Å². The van der Waals surface area contributed by atoms with Gasteiger partial charge in [0.2, 0.25) is 5.91 Å². The fourth-order valence-corrected chi connectivity index (χ4v) is 2.43. The van der Waals surface area contributed by atoms with Gasteiger partial charge in [0.05, 0.1) is 6.54 Å². The molecule has 0 aromatic heterocycles. The second-order valence-electron chi connectivity index (χ2n) is 5.50. The third-order valence-corrected chi connectivity index (χ3v) is 3.80. The Morgan fingerprint density at radius 3 is 2.52 bits per heavy atom. The summed E-state index contributed by atoms with van der Waals surface area (Å²) in [7, 11) is 0. The predicted octanol–water partition coefficient (Wildman–Crippen LogP) is 3.20. The molecule has 0 aliphatic carbocycles. The van der Waals surface area contributed by atoms with Gasteiger partial charge in [0.25, 0.3) is 5.91 Å². The molecule has 0 saturated carbocycles. The molecule has 0 saturated heterocycles. The first-order valence-corrected chi connectivity index (χ1v) is 8.39. The van der Waals surface area contributed by atoms with E-state index in [1.807, 2.05) is 38.1 Å². The molecular formula is C19H21ClN2O3. The summed E-state index contributed by atoms with van der Waals surface area (Å²) in [4.78, 5) is 25.8. The number of nitrogens with one attached hydrogen (secondary N) is 1. The first-order chi connectivity index (χ1) is 12.0. The second-order valence-corrected chi connectivity index (χ2v) is 5.93. The maximum Gasteiger partial charge on any atom is 0.258 e. The summed E-state index contributed by atoms with van der Waals surface area (Å²) in [5.41, 5.74) is 1.89. The van der Waals surface area contributed by atoms with E-state index in [1.165, 1.54) is 0 Å². The van der Waals surface area contributed by atoms with Crippen molar-refractivity contribution >= 4 is 29.1 Å². The molecule has 0 atom stereocenters. The van der Waals surface area contributed by atoms with Crippen LogP contribution in [0.25, 0.3) is 0 Å². The summed E-state index contributed by atoms with van der Waals surface area (Å²) in [6, 6.07) is 14.4. The Balaban J connectivity index is 1.83. The van der Waals surface area contributed by atoms with Crippen molar-refractivity contribution in [2.45, 2.75) is 13.8 Å². The number of likely N-dealkylation sites (N-methyl/N-ethyl adjacent to an activating group) is 1. The number of anilines is 1. The minimum Gasteiger partial charge on any atom is -0.484 e. The number of benzene rings is 2. The number of aryl methyl sites for hydroxylation is 1. The van der Waals surface area contributed by atoms with Crippen LogP contribution in [0.4, 0.5) is 5.69 Å². The van der Waals surface area contributed by atoms with Crippen LogP contribution in [0.3, 0.4) is 0 Å². The maximum atomic E-state index is 12.4. The van der Waals surface area contributed by atoms with Crippen molar-refractivity contribution in [2.24, 2.45) is 0 Å². The predicted molar refractivity (Wildman–Crippen MR) is 99.2 cm³/mol. The zero-order valence-electron chi connectivity index (χ0n) is 14.3. The van der Waals surface area contributed by atoms with Crippen LogP contribution in [0, 0.1) is 6.92 Å². The van der Waals surface area contributed by atoms with Gasteiger partial charge in [0, 0.05) is 17.3 Å². The zero-order valence-corrected chi connectivity index (χ0v) is 15.0. The van der Waals surface area contributed by atoms with Gasteiger partial charge in [-0.25, -0.2) is 0 Å². The molecule has 2 rings (SSSR count). The number of hydrogen-bond donors (Lipinski definition) is 1. The summed E-state index contributed by atoms with van der Waals surface area (Å²) in [6.07, 6.45) is 0. The molecule has 2 amide bonds. The van der Waals surface area contributed by atoms with Crippen molar-refractivity contribution in [1.29, 1.82) is 0 Å². The lowest BCUT2D eigenvalue weighted by molar-refractivity contribution is -0.126. The Labute approximate surface area is 152 Å². The van der Waals surface area contributed by atoms with E-state index in [2.05, 4.69) is 5.32 Å². The molecule has 6 heteroatoms. The Morgan fingerprint density at radius 1 is 1.16 bits per heavy atom. The molecule has 25 heavy (non-hydrogen) atoms. The number of carbonyl (C=O) groups excluding carboxylic acids is 2. The third kappa shape index (κ3) is 5.80. The minimum atomic E-state index is -0.358. The summed E-state index contributed by atoms with van der Waals surface area (Å²) >= 11 is 5.79. The van der Waals surface area contributed by atoms with Gasteiger partial charge in [0.15, 0.2) is 6.61 Å². The highest BCUT2D eigenvalue weighted by Crippen LogP contribution is 2.16. The Morgan fingerprint density at radius 2 is 1.88 bits per heavy atom. The SMILES string of the molecule is CCN(C(=O)CNC(=O)COc1ccc(Cl)cc1)c1cccc(C)c1. The maximum absolute atomic E-state index is 12.4. The lowest BCUT2D eigenvalue weighted by atomic mass is 10.2. The molecule has 0 unspecified atom stereocenters. The molecule has 0 aliphatic rings. The summed E-state index contributed by atoms with van der Waals surface area (Å²) in [5.74, 6) is 0.0114. The molecular weight excluding hydrogens is 340 g/mol. The highest BCUT2D eigenvalue weighted by molar-refractivity contribution is 6.30. The van der Waals surface area contributed by atoms with E-state index in [1.54, 1.807) is 29.2 Å². The molecule has 5 nitrogen and oxygen atoms in total. The quantitative estimate of drug-likeness (QED) is 0.824. The number of amides is 2. The number of rotatable bonds is 7. The van der Waals surface area contributed by atoms with Gasteiger partial charge < -0.3 is 15.0 Å². The van der Waals surface area contributed by atoms with E-state index in [-0.39, 0.29) is 25.0 Å². The molecule has 0 heterocycles. The summed E-state index contributed by atoms with van der Waals surface area (Å²) in [5, 5.41) is 3.18. The van der Waals surface area contributed by atoms with Crippen LogP contribution in [-0.2, 0) is 9.59 Å². The Kier molecular flexibility index (Phi) is 6.83. The third-order valence-electron chi connectivity index (χ3n) is 3.55. The van der Waals surface area contributed by atoms with Crippen LogP contribution < -0.4 is 15.0 Å². The average Bonchev–Trinajstić information content (AvgIpc) is 2.60. The zero-order chi connectivity index (χ0) is 18.2. The standard InChI is InChI=1S/C19H21ClN2O3/c1-3-22(16-6-4-5-14(2)11-16)19(24)12-21-18(23)13-25-17-9-7-15(20)8-10-17/h4-11H,3,12-13H2,1-2H3,(H,21,23). The van der Waals surface area contributed by atoms with Crippen molar-refractivity contribution in [2.75, 3.05) is 24.6 Å². The van der Waals surface area contributed by atoms with Gasteiger partial charge in [-0.2, -0.15) is 0 Å². The van der Waals surface area contributed by atoms with Gasteiger partial charge >= 0.3 is 0 Å². The number of nitrogens with zero attached hydrogens (tertiary/aromatic N) is 1. The van der Waals surface area contributed by atoms with Crippen LogP contribution in [0.5, 0.6) is 5.75 Å². The van der Waals surface area contributed by atoms with E-state index in [0.29, 0.717) is 17.3 Å². The molecule has 2 aromatic carbocycles. The van der Waals surface area contributed by atoms with Gasteiger partial charge in [-0.15, -0.1) is 0 Å². The van der Waals surface area contributed by atoms with Gasteiger partial charge in [-0.3, -0.25) is 9.59 Å². The van der Waals surface area contributed by atoms with E-state index < -0.39 is 0 Å². The van der Waals surface area contributed by atoms with Gasteiger partial charge in [-0.05, 0) is 55.8 Å². The molecule has 0 fully saturated rings. The molecule has 2 aromatic rings. The highest BCUT2D eigenvalue weighted by Gasteiger charge is 2.15. The first-order valence-electron chi connectivity index (χ1n) is 8.01. The minimum absolute atomic E-state index is 0.0788. The smallest absolute Gasteiger partial charge is 0.258 e. The molecule has 1 N–H and O–H groups in total. The monoisotopic (exact) mass is 360 g/mol. The van der Waals surface area contributed by atoms with E-state index in [9.17, 15) is 9.59 Å². The van der Waals surface area contributed by atoms with Crippen LogP contribution >= 0.6 is 11.6 Å². The fraction of sp³-hybridized carbons (Fsp3) is 0.263. The molecule has 0 bridgehead atoms. The van der Waals surface area contributed by atoms with E-state index in [0.717, 1.165) is 11.3 Å². The van der Waals surface area contributed by atoms with Crippen molar-refractivity contribution in [3.05, 3.63) is 59.1 Å². The number of carbonyl (C=O) groups is 2. The topological polar surface area (TPSA) is 58.6 Å². The van der Waals surface area contributed by atoms with Crippen LogP contribution in [0.15, 0.2) is 48.5 Å². The normalized spacial score (nSPS) is 10.2. The first kappa shape index (κ1) is 18.8. The van der Waals surface area contributed by atoms with Crippen LogP contribution in [0.2, 0.25) is 5.02 Å². The van der Waals surface area contributed by atoms with E-state index >= 15 is 0 Å². The Hall–Kier alpha value is -2.53. The van der Waals surface area contributed by atoms with Gasteiger partial charge in [-0.1, -0.05) is 23.7 Å². The fourth-order valence-electron chi connectivity index (χ4n) is 2.30. The lowest BCUT2D eigenvalue weighted by Crippen LogP contribution is -2.41. The largest absolute Gasteiger partial charge is 0.484 e. The van der Waals surface area contributed by atoms with Crippen molar-refractivity contribution in [1.82, 2.24) is 5.32 Å².